The van der Waals surface area contributed by atoms with Crippen molar-refractivity contribution in [3.63, 3.8) is 0 Å². The van der Waals surface area contributed by atoms with Crippen LogP contribution in [0.3, 0.4) is 0 Å². The van der Waals surface area contributed by atoms with Crippen LogP contribution in [0.2, 0.25) is 0 Å². The van der Waals surface area contributed by atoms with Gasteiger partial charge in [0.05, 0.1) is 27.9 Å². The zero-order chi connectivity index (χ0) is 26.1. The lowest BCUT2D eigenvalue weighted by Gasteiger charge is -2.39. The first kappa shape index (κ1) is 25.5. The van der Waals surface area contributed by atoms with Crippen LogP contribution in [0.25, 0.3) is 22.3 Å². The molecule has 12 heteroatoms. The fraction of sp³-hybridized carbons (Fsp3) is 0.375. The molecule has 0 radical (unpaired) electrons. The normalized spacial score (nSPS) is 23.9. The molecule has 0 spiro atoms. The fourth-order valence-corrected chi connectivity index (χ4v) is 3.92. The largest absolute Gasteiger partial charge is 0.507 e. The molecule has 1 saturated heterocycles. The number of aliphatic hydroxyl groups is 4. The van der Waals surface area contributed by atoms with E-state index in [1.54, 1.807) is 0 Å². The molecule has 0 aliphatic carbocycles. The smallest absolute Gasteiger partial charge is 0.229 e. The summed E-state index contributed by atoms with van der Waals surface area (Å²) >= 11 is 0. The third-order valence-electron chi connectivity index (χ3n) is 5.85. The summed E-state index contributed by atoms with van der Waals surface area (Å²) in [5.74, 6) is 0.295. The average molecular weight is 506 g/mol. The van der Waals surface area contributed by atoms with Crippen LogP contribution in [0.4, 0.5) is 0 Å². The topological polar surface area (TPSA) is 178 Å². The Bertz CT molecular complexity index is 1280. The molecule has 1 fully saturated rings. The molecule has 4 rings (SSSR count). The summed E-state index contributed by atoms with van der Waals surface area (Å²) in [6, 6.07) is 6.92. The van der Waals surface area contributed by atoms with E-state index < -0.39 is 42.7 Å². The van der Waals surface area contributed by atoms with E-state index in [2.05, 4.69) is 0 Å². The van der Waals surface area contributed by atoms with Crippen LogP contribution in [0.5, 0.6) is 28.7 Å². The quantitative estimate of drug-likeness (QED) is 0.298. The Hall–Kier alpha value is -3.55. The van der Waals surface area contributed by atoms with E-state index in [0.717, 1.165) is 0 Å². The summed E-state index contributed by atoms with van der Waals surface area (Å²) in [7, 11) is 4.10. The van der Waals surface area contributed by atoms with Gasteiger partial charge in [0, 0.05) is 23.8 Å². The van der Waals surface area contributed by atoms with Crippen molar-refractivity contribution >= 4 is 11.0 Å². The Morgan fingerprint density at radius 1 is 0.889 bits per heavy atom. The van der Waals surface area contributed by atoms with Crippen molar-refractivity contribution < 1.29 is 53.6 Å². The van der Waals surface area contributed by atoms with E-state index in [0.29, 0.717) is 11.3 Å². The molecule has 194 valence electrons. The standard InChI is InChI=1S/C24H26O12/c1-31-11-6-12(26)19-13(27)8-14(34-15(19)7-11)10-4-16(32-2)23(17(5-10)33-3)36-24-22(30)21(29)20(28)18(9-25)35-24/h4-8,18,20-22,24-26,28-30H,9H2,1-3H3. The van der Waals surface area contributed by atoms with Gasteiger partial charge >= 0.3 is 0 Å². The molecule has 1 aromatic heterocycles. The molecule has 12 nitrogen and oxygen atoms in total. The minimum Gasteiger partial charge on any atom is -0.507 e. The molecule has 2 heterocycles. The Morgan fingerprint density at radius 3 is 2.14 bits per heavy atom. The lowest BCUT2D eigenvalue weighted by Crippen LogP contribution is -2.60. The Labute approximate surface area is 204 Å². The van der Waals surface area contributed by atoms with Crippen molar-refractivity contribution in [1.29, 1.82) is 0 Å². The molecule has 5 N–H and O–H groups in total. The summed E-state index contributed by atoms with van der Waals surface area (Å²) in [6.45, 7) is -0.626. The number of methoxy groups -OCH3 is 3. The molecule has 5 unspecified atom stereocenters. The number of phenolic OH excluding ortho intramolecular Hbond substituents is 1. The second-order valence-electron chi connectivity index (χ2n) is 8.02. The van der Waals surface area contributed by atoms with E-state index in [1.165, 1.54) is 51.7 Å². The summed E-state index contributed by atoms with van der Waals surface area (Å²) in [4.78, 5) is 12.7. The highest BCUT2D eigenvalue weighted by Gasteiger charge is 2.45. The number of aromatic hydroxyl groups is 1. The lowest BCUT2D eigenvalue weighted by atomic mass is 9.99. The van der Waals surface area contributed by atoms with Crippen molar-refractivity contribution in [2.45, 2.75) is 30.7 Å². The summed E-state index contributed by atoms with van der Waals surface area (Å²) < 4.78 is 33.0. The second kappa shape index (κ2) is 10.2. The Morgan fingerprint density at radius 2 is 1.56 bits per heavy atom. The minimum absolute atomic E-state index is 0.0129. The molecule has 1 aliphatic heterocycles. The molecule has 0 bridgehead atoms. The second-order valence-corrected chi connectivity index (χ2v) is 8.02. The van der Waals surface area contributed by atoms with Crippen LogP contribution in [-0.4, -0.2) is 84.2 Å². The number of ether oxygens (including phenoxy) is 5. The van der Waals surface area contributed by atoms with Crippen LogP contribution < -0.4 is 24.4 Å². The number of aliphatic hydroxyl groups excluding tert-OH is 4. The maximum absolute atomic E-state index is 12.7. The first-order valence-corrected chi connectivity index (χ1v) is 10.8. The van der Waals surface area contributed by atoms with Gasteiger partial charge in [-0.1, -0.05) is 0 Å². The van der Waals surface area contributed by atoms with Crippen molar-refractivity contribution in [3.8, 4) is 40.1 Å². The first-order chi connectivity index (χ1) is 17.2. The van der Waals surface area contributed by atoms with E-state index in [4.69, 9.17) is 28.1 Å². The van der Waals surface area contributed by atoms with Gasteiger partial charge in [-0.2, -0.15) is 0 Å². The first-order valence-electron chi connectivity index (χ1n) is 10.8. The van der Waals surface area contributed by atoms with E-state index in [-0.39, 0.29) is 39.7 Å². The van der Waals surface area contributed by atoms with E-state index in [9.17, 15) is 30.3 Å². The van der Waals surface area contributed by atoms with Crippen LogP contribution in [-0.2, 0) is 4.74 Å². The monoisotopic (exact) mass is 506 g/mol. The molecule has 0 amide bonds. The van der Waals surface area contributed by atoms with E-state index in [1.807, 2.05) is 0 Å². The predicted octanol–water partition coefficient (Wildman–Crippen LogP) is 0.370. The van der Waals surface area contributed by atoms with Gasteiger partial charge < -0.3 is 53.6 Å². The third kappa shape index (κ3) is 4.52. The summed E-state index contributed by atoms with van der Waals surface area (Å²) in [5.41, 5.74) is -0.0499. The van der Waals surface area contributed by atoms with Crippen molar-refractivity contribution in [1.82, 2.24) is 0 Å². The van der Waals surface area contributed by atoms with Gasteiger partial charge in [-0.05, 0) is 12.1 Å². The van der Waals surface area contributed by atoms with Crippen LogP contribution >= 0.6 is 0 Å². The van der Waals surface area contributed by atoms with Crippen molar-refractivity contribution in [2.24, 2.45) is 0 Å². The Kier molecular flexibility index (Phi) is 7.24. The van der Waals surface area contributed by atoms with E-state index >= 15 is 0 Å². The SMILES string of the molecule is COc1cc(O)c2c(=O)cc(-c3cc(OC)c(OC4OC(CO)C(O)C(O)C4O)c(OC)c3)oc2c1. The van der Waals surface area contributed by atoms with Gasteiger partial charge in [-0.25, -0.2) is 0 Å². The molecular weight excluding hydrogens is 480 g/mol. The summed E-state index contributed by atoms with van der Waals surface area (Å²) in [5, 5.41) is 50.0. The molecule has 2 aromatic carbocycles. The van der Waals surface area contributed by atoms with Crippen LogP contribution in [0.15, 0.2) is 39.5 Å². The number of hydrogen-bond donors (Lipinski definition) is 5. The number of fused-ring (bicyclic) bond motifs is 1. The van der Waals surface area contributed by atoms with Gasteiger partial charge in [0.1, 0.15) is 52.6 Å². The van der Waals surface area contributed by atoms with Crippen molar-refractivity contribution in [3.05, 3.63) is 40.6 Å². The fourth-order valence-electron chi connectivity index (χ4n) is 3.92. The molecule has 0 saturated carbocycles. The third-order valence-corrected chi connectivity index (χ3v) is 5.85. The minimum atomic E-state index is -1.65. The number of benzene rings is 2. The van der Waals surface area contributed by atoms with Gasteiger partial charge in [-0.15, -0.1) is 0 Å². The van der Waals surface area contributed by atoms with Gasteiger partial charge in [0.2, 0.25) is 12.0 Å². The maximum Gasteiger partial charge on any atom is 0.229 e. The maximum atomic E-state index is 12.7. The zero-order valence-electron chi connectivity index (χ0n) is 19.6. The van der Waals surface area contributed by atoms with Crippen LogP contribution in [0, 0.1) is 0 Å². The lowest BCUT2D eigenvalue weighted by molar-refractivity contribution is -0.277. The van der Waals surface area contributed by atoms with Crippen LogP contribution in [0.1, 0.15) is 0 Å². The highest BCUT2D eigenvalue weighted by Crippen LogP contribution is 2.43. The highest BCUT2D eigenvalue weighted by atomic mass is 16.7. The number of hydrogen-bond acceptors (Lipinski definition) is 12. The van der Waals surface area contributed by atoms with Gasteiger partial charge in [0.15, 0.2) is 16.9 Å². The molecule has 3 aromatic rings. The average Bonchev–Trinajstić information content (AvgIpc) is 2.88. The molecule has 5 atom stereocenters. The number of phenols is 1. The highest BCUT2D eigenvalue weighted by molar-refractivity contribution is 5.86. The van der Waals surface area contributed by atoms with Gasteiger partial charge in [0.25, 0.3) is 0 Å². The zero-order valence-corrected chi connectivity index (χ0v) is 19.6. The molecular formula is C24H26O12. The molecule has 1 aliphatic rings. The van der Waals surface area contributed by atoms with Gasteiger partial charge in [-0.3, -0.25) is 4.79 Å². The predicted molar refractivity (Wildman–Crippen MR) is 124 cm³/mol. The molecule has 36 heavy (non-hydrogen) atoms. The summed E-state index contributed by atoms with van der Waals surface area (Å²) in [6.07, 6.45) is -7.51. The number of rotatable bonds is 7. The van der Waals surface area contributed by atoms with Crippen molar-refractivity contribution in [2.75, 3.05) is 27.9 Å². The Balaban J connectivity index is 1.77.